The lowest BCUT2D eigenvalue weighted by atomic mass is 10.00. The molecule has 0 radical (unpaired) electrons. The summed E-state index contributed by atoms with van der Waals surface area (Å²) in [4.78, 5) is 18.9. The van der Waals surface area contributed by atoms with Crippen LogP contribution in [0.4, 0.5) is 5.69 Å². The van der Waals surface area contributed by atoms with E-state index in [0.29, 0.717) is 11.0 Å². The molecule has 0 unspecified atom stereocenters. The number of nitriles is 2. The fraction of sp³-hybridized carbons (Fsp3) is 0.167. The van der Waals surface area contributed by atoms with Crippen LogP contribution in [0, 0.1) is 22.7 Å². The number of benzene rings is 1. The molecule has 0 aliphatic rings. The highest BCUT2D eigenvalue weighted by Gasteiger charge is 2.14. The largest absolute Gasteiger partial charge is 0.422 e. The molecule has 0 aliphatic heterocycles. The highest BCUT2D eigenvalue weighted by Crippen LogP contribution is 2.26. The molecule has 0 bridgehead atoms. The maximum atomic E-state index is 12.8. The number of fused-ring (bicyclic) bond motifs is 1. The normalized spacial score (nSPS) is 10.5. The molecule has 6 heteroatoms. The van der Waals surface area contributed by atoms with Gasteiger partial charge in [-0.3, -0.25) is 4.98 Å². The molecule has 3 aromatic rings. The van der Waals surface area contributed by atoms with Gasteiger partial charge < -0.3 is 9.32 Å². The van der Waals surface area contributed by atoms with E-state index >= 15 is 0 Å². The number of aromatic nitrogens is 1. The van der Waals surface area contributed by atoms with Gasteiger partial charge in [0.05, 0.1) is 5.56 Å². The fourth-order valence-electron chi connectivity index (χ4n) is 3.18. The van der Waals surface area contributed by atoms with Crippen LogP contribution in [-0.2, 0) is 0 Å². The van der Waals surface area contributed by atoms with Crippen molar-refractivity contribution in [3.8, 4) is 12.1 Å². The Hall–Kier alpha value is -4.16. The summed E-state index contributed by atoms with van der Waals surface area (Å²) in [5.41, 5.74) is 1.81. The number of pyridine rings is 1. The van der Waals surface area contributed by atoms with Crippen LogP contribution < -0.4 is 10.5 Å². The molecule has 1 aromatic carbocycles. The first-order chi connectivity index (χ1) is 14.6. The summed E-state index contributed by atoms with van der Waals surface area (Å²) in [5, 5.41) is 19.5. The molecule has 3 rings (SSSR count). The first-order valence-electron chi connectivity index (χ1n) is 9.57. The van der Waals surface area contributed by atoms with E-state index in [9.17, 15) is 15.3 Å². The first-order valence-corrected chi connectivity index (χ1v) is 9.57. The van der Waals surface area contributed by atoms with Crippen molar-refractivity contribution in [2.24, 2.45) is 0 Å². The van der Waals surface area contributed by atoms with E-state index < -0.39 is 5.63 Å². The van der Waals surface area contributed by atoms with Gasteiger partial charge in [0.25, 0.3) is 0 Å². The van der Waals surface area contributed by atoms with E-state index in [1.165, 1.54) is 0 Å². The molecule has 0 spiro atoms. The summed E-state index contributed by atoms with van der Waals surface area (Å²) in [6, 6.07) is 14.7. The summed E-state index contributed by atoms with van der Waals surface area (Å²) < 4.78 is 5.56. The highest BCUT2D eigenvalue weighted by molar-refractivity contribution is 5.89. The minimum atomic E-state index is -0.604. The van der Waals surface area contributed by atoms with Crippen molar-refractivity contribution in [2.45, 2.75) is 13.8 Å². The highest BCUT2D eigenvalue weighted by atomic mass is 16.4. The van der Waals surface area contributed by atoms with Gasteiger partial charge in [0.1, 0.15) is 23.3 Å². The van der Waals surface area contributed by atoms with Crippen molar-refractivity contribution in [1.82, 2.24) is 4.98 Å². The SMILES string of the molecule is CCN(CC)c1ccc2cc(C(/C=C/c3cccnc3)=C(C#N)C#N)c(=O)oc2c1. The Morgan fingerprint density at radius 1 is 1.17 bits per heavy atom. The zero-order valence-corrected chi connectivity index (χ0v) is 16.8. The summed E-state index contributed by atoms with van der Waals surface area (Å²) in [6.07, 6.45) is 6.56. The van der Waals surface area contributed by atoms with Crippen molar-refractivity contribution in [1.29, 1.82) is 10.5 Å². The van der Waals surface area contributed by atoms with Crippen LogP contribution in [0.3, 0.4) is 0 Å². The van der Waals surface area contributed by atoms with Crippen LogP contribution in [0.15, 0.2) is 69.7 Å². The second-order valence-electron chi connectivity index (χ2n) is 6.47. The Balaban J connectivity index is 2.14. The minimum Gasteiger partial charge on any atom is -0.422 e. The maximum absolute atomic E-state index is 12.8. The van der Waals surface area contributed by atoms with Crippen LogP contribution in [0.1, 0.15) is 25.0 Å². The molecular weight excluding hydrogens is 376 g/mol. The van der Waals surface area contributed by atoms with Crippen molar-refractivity contribution >= 4 is 28.3 Å². The predicted molar refractivity (Wildman–Crippen MR) is 117 cm³/mol. The quantitative estimate of drug-likeness (QED) is 0.345. The van der Waals surface area contributed by atoms with Gasteiger partial charge in [0.2, 0.25) is 0 Å². The molecule has 2 aromatic heterocycles. The van der Waals surface area contributed by atoms with Crippen molar-refractivity contribution < 1.29 is 4.42 Å². The van der Waals surface area contributed by atoms with Gasteiger partial charge in [-0.1, -0.05) is 18.2 Å². The summed E-state index contributed by atoms with van der Waals surface area (Å²) in [6.45, 7) is 5.79. The standard InChI is InChI=1S/C24H20N4O2/c1-3-28(4-2)20-9-8-18-12-22(24(29)30-23(18)13-20)21(19(14-25)15-26)10-7-17-6-5-11-27-16-17/h5-13,16H,3-4H2,1-2H3/b10-7+. The van der Waals surface area contributed by atoms with E-state index in [-0.39, 0.29) is 16.7 Å². The van der Waals surface area contributed by atoms with E-state index in [1.54, 1.807) is 36.7 Å². The predicted octanol–water partition coefficient (Wildman–Crippen LogP) is 4.55. The van der Waals surface area contributed by atoms with Gasteiger partial charge in [0, 0.05) is 48.2 Å². The average Bonchev–Trinajstić information content (AvgIpc) is 2.78. The van der Waals surface area contributed by atoms with E-state index in [2.05, 4.69) is 23.7 Å². The molecule has 0 saturated heterocycles. The van der Waals surface area contributed by atoms with Gasteiger partial charge in [-0.05, 0) is 43.7 Å². The summed E-state index contributed by atoms with van der Waals surface area (Å²) in [5.74, 6) is 0. The van der Waals surface area contributed by atoms with Crippen LogP contribution in [0.2, 0.25) is 0 Å². The Kier molecular flexibility index (Phi) is 6.42. The van der Waals surface area contributed by atoms with Crippen molar-refractivity contribution in [2.75, 3.05) is 18.0 Å². The third kappa shape index (κ3) is 4.29. The zero-order chi connectivity index (χ0) is 21.5. The fourth-order valence-corrected chi connectivity index (χ4v) is 3.18. The molecule has 0 fully saturated rings. The molecule has 0 N–H and O–H groups in total. The Labute approximate surface area is 174 Å². The van der Waals surface area contributed by atoms with Gasteiger partial charge >= 0.3 is 5.63 Å². The van der Waals surface area contributed by atoms with Crippen LogP contribution >= 0.6 is 0 Å². The molecular formula is C24H20N4O2. The number of hydrogen-bond donors (Lipinski definition) is 0. The number of hydrogen-bond acceptors (Lipinski definition) is 6. The minimum absolute atomic E-state index is 0.163. The molecule has 0 aliphatic carbocycles. The lowest BCUT2D eigenvalue weighted by Crippen LogP contribution is -2.21. The number of rotatable bonds is 6. The smallest absolute Gasteiger partial charge is 0.344 e. The van der Waals surface area contributed by atoms with Gasteiger partial charge in [-0.25, -0.2) is 4.79 Å². The number of nitrogens with zero attached hydrogens (tertiary/aromatic N) is 4. The summed E-state index contributed by atoms with van der Waals surface area (Å²) in [7, 11) is 0. The van der Waals surface area contributed by atoms with Gasteiger partial charge in [0.15, 0.2) is 0 Å². The average molecular weight is 396 g/mol. The van der Waals surface area contributed by atoms with Crippen LogP contribution in [0.5, 0.6) is 0 Å². The summed E-state index contributed by atoms with van der Waals surface area (Å²) >= 11 is 0. The molecule has 30 heavy (non-hydrogen) atoms. The molecule has 0 atom stereocenters. The number of allylic oxidation sites excluding steroid dienone is 3. The molecule has 148 valence electrons. The second-order valence-corrected chi connectivity index (χ2v) is 6.47. The molecule has 0 amide bonds. The van der Waals surface area contributed by atoms with Crippen LogP contribution in [-0.4, -0.2) is 18.1 Å². The Morgan fingerprint density at radius 3 is 2.57 bits per heavy atom. The number of anilines is 1. The van der Waals surface area contributed by atoms with E-state index in [0.717, 1.165) is 24.3 Å². The van der Waals surface area contributed by atoms with Crippen molar-refractivity contribution in [3.63, 3.8) is 0 Å². The molecule has 6 nitrogen and oxygen atoms in total. The van der Waals surface area contributed by atoms with Gasteiger partial charge in [-0.2, -0.15) is 10.5 Å². The maximum Gasteiger partial charge on any atom is 0.344 e. The zero-order valence-electron chi connectivity index (χ0n) is 16.8. The van der Waals surface area contributed by atoms with Crippen LogP contribution in [0.25, 0.3) is 22.6 Å². The molecule has 0 saturated carbocycles. The lowest BCUT2D eigenvalue weighted by molar-refractivity contribution is 0.558. The third-order valence-corrected chi connectivity index (χ3v) is 4.76. The van der Waals surface area contributed by atoms with Gasteiger partial charge in [-0.15, -0.1) is 0 Å². The monoisotopic (exact) mass is 396 g/mol. The topological polar surface area (TPSA) is 93.9 Å². The van der Waals surface area contributed by atoms with E-state index in [1.807, 2.05) is 36.4 Å². The van der Waals surface area contributed by atoms with E-state index in [4.69, 9.17) is 4.42 Å². The van der Waals surface area contributed by atoms with Crippen molar-refractivity contribution in [3.05, 3.63) is 82.0 Å². The third-order valence-electron chi connectivity index (χ3n) is 4.76. The molecule has 2 heterocycles. The Morgan fingerprint density at radius 2 is 1.93 bits per heavy atom. The Bertz CT molecular complexity index is 1240. The first kappa shape index (κ1) is 20.6. The second kappa shape index (κ2) is 9.36. The lowest BCUT2D eigenvalue weighted by Gasteiger charge is -2.21.